The van der Waals surface area contributed by atoms with Gasteiger partial charge in [-0.05, 0) is 19.8 Å². The minimum absolute atomic E-state index is 0.304. The molecule has 0 aromatic heterocycles. The van der Waals surface area contributed by atoms with E-state index < -0.39 is 0 Å². The van der Waals surface area contributed by atoms with E-state index in [0.29, 0.717) is 37.2 Å². The summed E-state index contributed by atoms with van der Waals surface area (Å²) in [6, 6.07) is 0. The summed E-state index contributed by atoms with van der Waals surface area (Å²) in [7, 11) is 0. The van der Waals surface area contributed by atoms with Crippen molar-refractivity contribution in [3.63, 3.8) is 0 Å². The topological polar surface area (TPSA) is 34.1 Å². The minimum atomic E-state index is 0.304. The molecule has 0 aliphatic heterocycles. The molecule has 1 rings (SSSR count). The third-order valence-electron chi connectivity index (χ3n) is 2.57. The number of hydrogen-bond acceptors (Lipinski definition) is 2. The molecule has 0 saturated carbocycles. The summed E-state index contributed by atoms with van der Waals surface area (Å²) in [5, 5.41) is 0. The summed E-state index contributed by atoms with van der Waals surface area (Å²) in [5.74, 6) is 0.617. The molecule has 1 aliphatic rings. The summed E-state index contributed by atoms with van der Waals surface area (Å²) in [4.78, 5) is 22.7. The van der Waals surface area contributed by atoms with Crippen molar-refractivity contribution in [2.75, 3.05) is 0 Å². The van der Waals surface area contributed by atoms with Crippen molar-refractivity contribution in [2.24, 2.45) is 0 Å². The maximum absolute atomic E-state index is 11.4. The van der Waals surface area contributed by atoms with Crippen molar-refractivity contribution < 1.29 is 9.59 Å². The summed E-state index contributed by atoms with van der Waals surface area (Å²) < 4.78 is 0. The van der Waals surface area contributed by atoms with Gasteiger partial charge in [-0.25, -0.2) is 0 Å². The summed E-state index contributed by atoms with van der Waals surface area (Å²) in [5.41, 5.74) is 1.05. The molecular formula is C12H18O2. The van der Waals surface area contributed by atoms with E-state index in [1.54, 1.807) is 0 Å². The highest BCUT2D eigenvalue weighted by atomic mass is 16.1. The number of carbonyl (C=O) groups excluding carboxylic acids is 2. The molecule has 0 atom stereocenters. The summed E-state index contributed by atoms with van der Waals surface area (Å²) in [6.45, 7) is 1.93. The first-order valence-corrected chi connectivity index (χ1v) is 5.37. The zero-order valence-electron chi connectivity index (χ0n) is 8.84. The van der Waals surface area contributed by atoms with Crippen LogP contribution in [-0.4, -0.2) is 11.6 Å². The normalized spacial score (nSPS) is 25.1. The Balaban J connectivity index is 2.55. The first-order chi connectivity index (χ1) is 6.68. The van der Waals surface area contributed by atoms with Crippen LogP contribution in [0.1, 0.15) is 51.9 Å². The maximum atomic E-state index is 11.4. The molecule has 0 N–H and O–H groups in total. The molecule has 0 spiro atoms. The molecule has 2 nitrogen and oxygen atoms in total. The highest BCUT2D eigenvalue weighted by molar-refractivity contribution is 5.82. The SMILES string of the molecule is C/C1=C\CC(=O)CCCCCC(=O)C1. The number of Topliss-reactive ketones (excluding diaryl/α,β-unsaturated/α-hetero) is 2. The zero-order valence-corrected chi connectivity index (χ0v) is 8.84. The van der Waals surface area contributed by atoms with E-state index in [2.05, 4.69) is 0 Å². The molecule has 14 heavy (non-hydrogen) atoms. The van der Waals surface area contributed by atoms with E-state index in [1.807, 2.05) is 13.0 Å². The van der Waals surface area contributed by atoms with Crippen LogP contribution in [0.5, 0.6) is 0 Å². The van der Waals surface area contributed by atoms with Gasteiger partial charge in [0.1, 0.15) is 11.6 Å². The van der Waals surface area contributed by atoms with E-state index >= 15 is 0 Å². The molecule has 0 bridgehead atoms. The van der Waals surface area contributed by atoms with Crippen LogP contribution in [0.15, 0.2) is 11.6 Å². The molecule has 0 saturated heterocycles. The highest BCUT2D eigenvalue weighted by Gasteiger charge is 2.07. The Morgan fingerprint density at radius 2 is 1.64 bits per heavy atom. The van der Waals surface area contributed by atoms with Crippen molar-refractivity contribution in [1.82, 2.24) is 0 Å². The van der Waals surface area contributed by atoms with Crippen molar-refractivity contribution in [3.05, 3.63) is 11.6 Å². The lowest BCUT2D eigenvalue weighted by molar-refractivity contribution is -0.119. The molecule has 2 heteroatoms. The van der Waals surface area contributed by atoms with Crippen LogP contribution in [0.2, 0.25) is 0 Å². The van der Waals surface area contributed by atoms with Crippen LogP contribution in [0.4, 0.5) is 0 Å². The number of rotatable bonds is 0. The van der Waals surface area contributed by atoms with Gasteiger partial charge in [-0.2, -0.15) is 0 Å². The number of allylic oxidation sites excluding steroid dienone is 2. The molecule has 0 fully saturated rings. The molecule has 0 radical (unpaired) electrons. The van der Waals surface area contributed by atoms with Crippen molar-refractivity contribution in [3.8, 4) is 0 Å². The molecule has 0 unspecified atom stereocenters. The molecule has 1 aliphatic carbocycles. The lowest BCUT2D eigenvalue weighted by atomic mass is 10.1. The third-order valence-corrected chi connectivity index (χ3v) is 2.57. The predicted octanol–water partition coefficient (Wildman–Crippen LogP) is 2.82. The Bertz CT molecular complexity index is 251. The van der Waals surface area contributed by atoms with Crippen LogP contribution in [0.25, 0.3) is 0 Å². The largest absolute Gasteiger partial charge is 0.299 e. The van der Waals surface area contributed by atoms with Crippen molar-refractivity contribution in [1.29, 1.82) is 0 Å². The van der Waals surface area contributed by atoms with Crippen molar-refractivity contribution in [2.45, 2.75) is 51.9 Å². The van der Waals surface area contributed by atoms with Gasteiger partial charge in [0.15, 0.2) is 0 Å². The molecule has 0 aromatic carbocycles. The van der Waals surface area contributed by atoms with Crippen LogP contribution in [-0.2, 0) is 9.59 Å². The van der Waals surface area contributed by atoms with Gasteiger partial charge in [0, 0.05) is 25.7 Å². The maximum Gasteiger partial charge on any atom is 0.136 e. The number of hydrogen-bond donors (Lipinski definition) is 0. The zero-order chi connectivity index (χ0) is 10.4. The molecule has 78 valence electrons. The number of carbonyl (C=O) groups is 2. The van der Waals surface area contributed by atoms with Gasteiger partial charge in [0.25, 0.3) is 0 Å². The first kappa shape index (κ1) is 11.2. The first-order valence-electron chi connectivity index (χ1n) is 5.37. The fraction of sp³-hybridized carbons (Fsp3) is 0.667. The lowest BCUT2D eigenvalue weighted by Gasteiger charge is -1.99. The fourth-order valence-corrected chi connectivity index (χ4v) is 1.68. The second-order valence-electron chi connectivity index (χ2n) is 4.07. The minimum Gasteiger partial charge on any atom is -0.299 e. The highest BCUT2D eigenvalue weighted by Crippen LogP contribution is 2.12. The summed E-state index contributed by atoms with van der Waals surface area (Å²) >= 11 is 0. The van der Waals surface area contributed by atoms with Gasteiger partial charge in [0.2, 0.25) is 0 Å². The molecule has 0 aromatic rings. The second kappa shape index (κ2) is 5.74. The number of ketones is 2. The monoisotopic (exact) mass is 194 g/mol. The van der Waals surface area contributed by atoms with Gasteiger partial charge in [-0.15, -0.1) is 0 Å². The molecule has 0 amide bonds. The Morgan fingerprint density at radius 1 is 1.00 bits per heavy atom. The van der Waals surface area contributed by atoms with Crippen LogP contribution < -0.4 is 0 Å². The van der Waals surface area contributed by atoms with Crippen LogP contribution in [0.3, 0.4) is 0 Å². The fourth-order valence-electron chi connectivity index (χ4n) is 1.68. The van der Waals surface area contributed by atoms with Gasteiger partial charge in [-0.3, -0.25) is 9.59 Å². The second-order valence-corrected chi connectivity index (χ2v) is 4.07. The lowest BCUT2D eigenvalue weighted by Crippen LogP contribution is -1.97. The van der Waals surface area contributed by atoms with E-state index in [9.17, 15) is 9.59 Å². The Hall–Kier alpha value is -0.920. The van der Waals surface area contributed by atoms with E-state index in [4.69, 9.17) is 0 Å². The smallest absolute Gasteiger partial charge is 0.136 e. The van der Waals surface area contributed by atoms with E-state index in [1.165, 1.54) is 0 Å². The Labute approximate surface area is 85.4 Å². The average Bonchev–Trinajstić information content (AvgIpc) is 2.15. The van der Waals surface area contributed by atoms with E-state index in [0.717, 1.165) is 24.8 Å². The van der Waals surface area contributed by atoms with Crippen LogP contribution >= 0.6 is 0 Å². The quantitative estimate of drug-likeness (QED) is 0.556. The van der Waals surface area contributed by atoms with Gasteiger partial charge < -0.3 is 0 Å². The Kier molecular flexibility index (Phi) is 4.57. The Morgan fingerprint density at radius 3 is 2.36 bits per heavy atom. The van der Waals surface area contributed by atoms with Crippen molar-refractivity contribution >= 4 is 11.6 Å². The summed E-state index contributed by atoms with van der Waals surface area (Å²) in [6.07, 6.45) is 7.21. The van der Waals surface area contributed by atoms with E-state index in [-0.39, 0.29) is 0 Å². The van der Waals surface area contributed by atoms with Crippen LogP contribution in [0, 0.1) is 0 Å². The molecule has 0 heterocycles. The standard InChI is InChI=1S/C12H18O2/c1-10-7-8-11(13)5-3-2-4-6-12(14)9-10/h7H,2-6,8-9H2,1H3/b10-7+. The predicted molar refractivity (Wildman–Crippen MR) is 56.1 cm³/mol. The van der Waals surface area contributed by atoms with Gasteiger partial charge >= 0.3 is 0 Å². The van der Waals surface area contributed by atoms with Gasteiger partial charge in [0.05, 0.1) is 0 Å². The average molecular weight is 194 g/mol. The van der Waals surface area contributed by atoms with Gasteiger partial charge in [-0.1, -0.05) is 18.1 Å². The third kappa shape index (κ3) is 4.35. The molecular weight excluding hydrogens is 176 g/mol.